The minimum absolute atomic E-state index is 0.0172. The molecular formula is C17H23NO4. The van der Waals surface area contributed by atoms with Crippen molar-refractivity contribution in [1.29, 1.82) is 0 Å². The summed E-state index contributed by atoms with van der Waals surface area (Å²) in [5.41, 5.74) is 0.534. The van der Waals surface area contributed by atoms with Crippen molar-refractivity contribution in [2.24, 2.45) is 0 Å². The number of ketones is 1. The van der Waals surface area contributed by atoms with E-state index < -0.39 is 12.0 Å². The van der Waals surface area contributed by atoms with Gasteiger partial charge in [-0.25, -0.2) is 0 Å². The molecule has 1 heterocycles. The van der Waals surface area contributed by atoms with Gasteiger partial charge in [0.1, 0.15) is 11.8 Å². The van der Waals surface area contributed by atoms with Crippen molar-refractivity contribution in [3.63, 3.8) is 0 Å². The van der Waals surface area contributed by atoms with Gasteiger partial charge in [0.15, 0.2) is 5.78 Å². The maximum Gasteiger partial charge on any atom is 0.321 e. The van der Waals surface area contributed by atoms with E-state index in [1.54, 1.807) is 24.3 Å². The summed E-state index contributed by atoms with van der Waals surface area (Å²) in [4.78, 5) is 25.7. The molecule has 22 heavy (non-hydrogen) atoms. The van der Waals surface area contributed by atoms with Crippen LogP contribution in [0.25, 0.3) is 0 Å². The van der Waals surface area contributed by atoms with Crippen LogP contribution in [0.5, 0.6) is 5.75 Å². The van der Waals surface area contributed by atoms with Crippen LogP contribution < -0.4 is 4.74 Å². The summed E-state index contributed by atoms with van der Waals surface area (Å²) in [7, 11) is 0. The van der Waals surface area contributed by atoms with Crippen LogP contribution in [0.2, 0.25) is 0 Å². The third-order valence-electron chi connectivity index (χ3n) is 3.98. The number of carboxylic acids is 1. The molecule has 0 unspecified atom stereocenters. The van der Waals surface area contributed by atoms with Crippen molar-refractivity contribution in [2.75, 3.05) is 19.7 Å². The minimum atomic E-state index is -0.916. The van der Waals surface area contributed by atoms with Crippen molar-refractivity contribution >= 4 is 11.8 Å². The monoisotopic (exact) mass is 305 g/mol. The van der Waals surface area contributed by atoms with Crippen LogP contribution >= 0.6 is 0 Å². The number of nitrogens with zero attached hydrogens (tertiary/aromatic N) is 1. The van der Waals surface area contributed by atoms with Gasteiger partial charge in [0, 0.05) is 12.0 Å². The van der Waals surface area contributed by atoms with Crippen LogP contribution in [0.4, 0.5) is 0 Å². The number of benzene rings is 1. The number of piperidine rings is 1. The van der Waals surface area contributed by atoms with Gasteiger partial charge in [0.2, 0.25) is 0 Å². The van der Waals surface area contributed by atoms with Crippen molar-refractivity contribution in [3.8, 4) is 5.75 Å². The molecule has 0 bridgehead atoms. The van der Waals surface area contributed by atoms with Gasteiger partial charge in [-0.1, -0.05) is 6.42 Å². The molecule has 0 amide bonds. The van der Waals surface area contributed by atoms with Gasteiger partial charge in [0.05, 0.1) is 6.61 Å². The normalized spacial score (nSPS) is 17.0. The Balaban J connectivity index is 2.02. The van der Waals surface area contributed by atoms with Gasteiger partial charge in [-0.3, -0.25) is 14.5 Å². The second-order valence-electron chi connectivity index (χ2n) is 5.54. The van der Waals surface area contributed by atoms with Crippen LogP contribution in [-0.4, -0.2) is 47.5 Å². The van der Waals surface area contributed by atoms with Gasteiger partial charge >= 0.3 is 5.97 Å². The predicted molar refractivity (Wildman–Crippen MR) is 83.4 cm³/mol. The second kappa shape index (κ2) is 7.94. The highest BCUT2D eigenvalue weighted by molar-refractivity contribution is 5.98. The Morgan fingerprint density at radius 3 is 2.36 bits per heavy atom. The summed E-state index contributed by atoms with van der Waals surface area (Å²) >= 11 is 0. The zero-order valence-electron chi connectivity index (χ0n) is 13.0. The van der Waals surface area contributed by atoms with Crippen molar-refractivity contribution in [1.82, 2.24) is 4.90 Å². The quantitative estimate of drug-likeness (QED) is 0.784. The van der Waals surface area contributed by atoms with E-state index in [0.29, 0.717) is 17.9 Å². The first kappa shape index (κ1) is 16.5. The summed E-state index contributed by atoms with van der Waals surface area (Å²) in [5, 5.41) is 9.42. The van der Waals surface area contributed by atoms with Crippen molar-refractivity contribution in [3.05, 3.63) is 29.8 Å². The summed E-state index contributed by atoms with van der Waals surface area (Å²) in [6, 6.07) is 6.16. The first-order valence-electron chi connectivity index (χ1n) is 7.84. The number of Topliss-reactive ketones (excluding diaryl/α,β-unsaturated/α-hetero) is 1. The summed E-state index contributed by atoms with van der Waals surface area (Å²) in [6.45, 7) is 3.99. The minimum Gasteiger partial charge on any atom is -0.494 e. The molecule has 0 saturated carbocycles. The molecule has 0 spiro atoms. The molecule has 1 aromatic rings. The SMILES string of the molecule is CCOc1ccc(C(=O)C[C@H](C(=O)O)N2CCCCC2)cc1. The molecule has 0 radical (unpaired) electrons. The lowest BCUT2D eigenvalue weighted by Crippen LogP contribution is -2.45. The van der Waals surface area contributed by atoms with E-state index in [1.807, 2.05) is 11.8 Å². The topological polar surface area (TPSA) is 66.8 Å². The number of hydrogen-bond donors (Lipinski definition) is 1. The first-order chi connectivity index (χ1) is 10.6. The Hall–Kier alpha value is -1.88. The van der Waals surface area contributed by atoms with E-state index in [9.17, 15) is 14.7 Å². The van der Waals surface area contributed by atoms with E-state index in [4.69, 9.17) is 4.74 Å². The predicted octanol–water partition coefficient (Wildman–Crippen LogP) is 2.60. The molecule has 2 rings (SSSR count). The van der Waals surface area contributed by atoms with Crippen molar-refractivity contribution < 1.29 is 19.4 Å². The summed E-state index contributed by atoms with van der Waals surface area (Å²) < 4.78 is 5.34. The maximum absolute atomic E-state index is 12.3. The number of carbonyl (C=O) groups is 2. The first-order valence-corrected chi connectivity index (χ1v) is 7.84. The van der Waals surface area contributed by atoms with Gasteiger partial charge in [0.25, 0.3) is 0 Å². The number of likely N-dealkylation sites (tertiary alicyclic amines) is 1. The number of rotatable bonds is 7. The molecule has 1 aromatic carbocycles. The van der Waals surface area contributed by atoms with Crippen molar-refractivity contribution in [2.45, 2.75) is 38.6 Å². The largest absolute Gasteiger partial charge is 0.494 e. The Morgan fingerprint density at radius 1 is 1.18 bits per heavy atom. The van der Waals surface area contributed by atoms with E-state index in [1.165, 1.54) is 0 Å². The van der Waals surface area contributed by atoms with Gasteiger partial charge < -0.3 is 9.84 Å². The standard InChI is InChI=1S/C17H23NO4/c1-2-22-14-8-6-13(7-9-14)16(19)12-15(17(20)21)18-10-4-3-5-11-18/h6-9,15H,2-5,10-12H2,1H3,(H,20,21)/t15-/m1/s1. The summed E-state index contributed by atoms with van der Waals surface area (Å²) in [5.74, 6) is -0.341. The van der Waals surface area contributed by atoms with Crippen LogP contribution in [-0.2, 0) is 4.79 Å². The average molecular weight is 305 g/mol. The lowest BCUT2D eigenvalue weighted by Gasteiger charge is -2.31. The zero-order valence-corrected chi connectivity index (χ0v) is 13.0. The Bertz CT molecular complexity index is 506. The lowest BCUT2D eigenvalue weighted by atomic mass is 10.0. The van der Waals surface area contributed by atoms with Crippen LogP contribution in [0.1, 0.15) is 43.0 Å². The lowest BCUT2D eigenvalue weighted by molar-refractivity contribution is -0.143. The van der Waals surface area contributed by atoms with Crippen LogP contribution in [0.3, 0.4) is 0 Å². The zero-order chi connectivity index (χ0) is 15.9. The smallest absolute Gasteiger partial charge is 0.321 e. The fourth-order valence-electron chi connectivity index (χ4n) is 2.80. The molecule has 1 aliphatic rings. The third-order valence-corrected chi connectivity index (χ3v) is 3.98. The fraction of sp³-hybridized carbons (Fsp3) is 0.529. The molecule has 1 N–H and O–H groups in total. The Morgan fingerprint density at radius 2 is 1.82 bits per heavy atom. The van der Waals surface area contributed by atoms with Crippen LogP contribution in [0.15, 0.2) is 24.3 Å². The van der Waals surface area contributed by atoms with E-state index in [0.717, 1.165) is 32.4 Å². The van der Waals surface area contributed by atoms with Gasteiger partial charge in [-0.2, -0.15) is 0 Å². The Kier molecular flexibility index (Phi) is 5.95. The molecule has 1 atom stereocenters. The fourth-order valence-corrected chi connectivity index (χ4v) is 2.80. The highest BCUT2D eigenvalue weighted by atomic mass is 16.5. The number of hydrogen-bond acceptors (Lipinski definition) is 4. The van der Waals surface area contributed by atoms with Gasteiger partial charge in [-0.05, 0) is 57.1 Å². The average Bonchev–Trinajstić information content (AvgIpc) is 2.54. The maximum atomic E-state index is 12.3. The second-order valence-corrected chi connectivity index (χ2v) is 5.54. The number of aliphatic carboxylic acids is 1. The highest BCUT2D eigenvalue weighted by Gasteiger charge is 2.29. The van der Waals surface area contributed by atoms with E-state index in [-0.39, 0.29) is 12.2 Å². The highest BCUT2D eigenvalue weighted by Crippen LogP contribution is 2.18. The number of carbonyl (C=O) groups excluding carboxylic acids is 1. The third kappa shape index (κ3) is 4.31. The van der Waals surface area contributed by atoms with E-state index >= 15 is 0 Å². The molecular weight excluding hydrogens is 282 g/mol. The molecule has 5 nitrogen and oxygen atoms in total. The molecule has 0 aromatic heterocycles. The molecule has 1 aliphatic heterocycles. The molecule has 1 saturated heterocycles. The summed E-state index contributed by atoms with van der Waals surface area (Å²) in [6.07, 6.45) is 3.15. The Labute approximate surface area is 130 Å². The molecule has 5 heteroatoms. The molecule has 120 valence electrons. The molecule has 1 fully saturated rings. The number of ether oxygens (including phenoxy) is 1. The van der Waals surface area contributed by atoms with Gasteiger partial charge in [-0.15, -0.1) is 0 Å². The number of carboxylic acid groups (broad SMARTS) is 1. The molecule has 0 aliphatic carbocycles. The van der Waals surface area contributed by atoms with Crippen LogP contribution in [0, 0.1) is 0 Å². The van der Waals surface area contributed by atoms with E-state index in [2.05, 4.69) is 0 Å².